The first kappa shape index (κ1) is 10.5. The molecule has 0 atom stereocenters. The third-order valence-electron chi connectivity index (χ3n) is 3.20. The molecule has 2 heteroatoms. The Morgan fingerprint density at radius 2 is 1.67 bits per heavy atom. The van der Waals surface area contributed by atoms with Crippen molar-refractivity contribution < 1.29 is 4.57 Å². The van der Waals surface area contributed by atoms with Gasteiger partial charge >= 0.3 is 0 Å². The van der Waals surface area contributed by atoms with Gasteiger partial charge < -0.3 is 5.32 Å². The summed E-state index contributed by atoms with van der Waals surface area (Å²) < 4.78 is 2.07. The molecule has 1 fully saturated rings. The Bertz CT molecular complexity index is 284. The van der Waals surface area contributed by atoms with Crippen LogP contribution in [0.4, 0.5) is 5.69 Å². The van der Waals surface area contributed by atoms with E-state index in [1.54, 1.807) is 0 Å². The fourth-order valence-electron chi connectivity index (χ4n) is 2.26. The number of anilines is 1. The molecule has 2 nitrogen and oxygen atoms in total. The minimum atomic E-state index is 0.695. The maximum Gasteiger partial charge on any atom is 0.170 e. The van der Waals surface area contributed by atoms with Crippen LogP contribution in [0.2, 0.25) is 0 Å². The molecule has 1 N–H and O–H groups in total. The number of nitrogens with one attached hydrogen (secondary N) is 1. The highest BCUT2D eigenvalue weighted by atomic mass is 14.9. The summed E-state index contributed by atoms with van der Waals surface area (Å²) in [5.74, 6) is 0. The summed E-state index contributed by atoms with van der Waals surface area (Å²) in [6.45, 7) is 0. The predicted molar refractivity (Wildman–Crippen MR) is 62.7 cm³/mol. The Kier molecular flexibility index (Phi) is 3.59. The van der Waals surface area contributed by atoms with E-state index >= 15 is 0 Å². The Morgan fingerprint density at radius 1 is 1.07 bits per heavy atom. The zero-order chi connectivity index (χ0) is 10.5. The van der Waals surface area contributed by atoms with Crippen LogP contribution >= 0.6 is 0 Å². The first-order valence-electron chi connectivity index (χ1n) is 6.06. The van der Waals surface area contributed by atoms with Crippen molar-refractivity contribution in [2.24, 2.45) is 7.05 Å². The van der Waals surface area contributed by atoms with Gasteiger partial charge in [0.05, 0.1) is 0 Å². The average molecular weight is 205 g/mol. The van der Waals surface area contributed by atoms with E-state index in [9.17, 15) is 0 Å². The van der Waals surface area contributed by atoms with Gasteiger partial charge in [-0.3, -0.25) is 0 Å². The van der Waals surface area contributed by atoms with Crippen LogP contribution in [-0.4, -0.2) is 6.04 Å². The minimum Gasteiger partial charge on any atom is -0.382 e. The van der Waals surface area contributed by atoms with E-state index in [2.05, 4.69) is 41.5 Å². The van der Waals surface area contributed by atoms with E-state index in [4.69, 9.17) is 0 Å². The fraction of sp³-hybridized carbons (Fsp3) is 0.615. The van der Waals surface area contributed by atoms with Crippen LogP contribution in [0.25, 0.3) is 0 Å². The molecule has 2 rings (SSSR count). The maximum atomic E-state index is 3.63. The highest BCUT2D eigenvalue weighted by Gasteiger charge is 2.11. The summed E-state index contributed by atoms with van der Waals surface area (Å²) in [5, 5.41) is 3.63. The summed E-state index contributed by atoms with van der Waals surface area (Å²) in [4.78, 5) is 0. The van der Waals surface area contributed by atoms with E-state index in [0.29, 0.717) is 6.04 Å². The van der Waals surface area contributed by atoms with Crippen LogP contribution in [0.1, 0.15) is 38.5 Å². The van der Waals surface area contributed by atoms with Crippen molar-refractivity contribution in [2.45, 2.75) is 44.6 Å². The van der Waals surface area contributed by atoms with Gasteiger partial charge in [0.15, 0.2) is 12.4 Å². The van der Waals surface area contributed by atoms with Gasteiger partial charge in [-0.05, 0) is 12.8 Å². The lowest BCUT2D eigenvalue weighted by atomic mass is 10.1. The zero-order valence-corrected chi connectivity index (χ0v) is 9.58. The zero-order valence-electron chi connectivity index (χ0n) is 9.58. The molecule has 1 aliphatic rings. The lowest BCUT2D eigenvalue weighted by Gasteiger charge is -2.16. The normalized spacial score (nSPS) is 18.5. The monoisotopic (exact) mass is 205 g/mol. The molecule has 15 heavy (non-hydrogen) atoms. The number of pyridine rings is 1. The topological polar surface area (TPSA) is 15.9 Å². The van der Waals surface area contributed by atoms with Crippen molar-refractivity contribution in [1.29, 1.82) is 0 Å². The van der Waals surface area contributed by atoms with E-state index < -0.39 is 0 Å². The van der Waals surface area contributed by atoms with Gasteiger partial charge in [0, 0.05) is 23.9 Å². The first-order valence-corrected chi connectivity index (χ1v) is 6.06. The van der Waals surface area contributed by atoms with Crippen molar-refractivity contribution in [1.82, 2.24) is 0 Å². The number of rotatable bonds is 2. The van der Waals surface area contributed by atoms with Gasteiger partial charge in [0.1, 0.15) is 7.05 Å². The molecule has 1 saturated carbocycles. The van der Waals surface area contributed by atoms with Gasteiger partial charge in [0.25, 0.3) is 0 Å². The van der Waals surface area contributed by atoms with Crippen LogP contribution in [0.15, 0.2) is 24.5 Å². The van der Waals surface area contributed by atoms with Crippen LogP contribution < -0.4 is 9.88 Å². The van der Waals surface area contributed by atoms with Crippen molar-refractivity contribution >= 4 is 5.69 Å². The third-order valence-corrected chi connectivity index (χ3v) is 3.20. The lowest BCUT2D eigenvalue weighted by molar-refractivity contribution is -0.671. The van der Waals surface area contributed by atoms with E-state index in [-0.39, 0.29) is 0 Å². The van der Waals surface area contributed by atoms with Gasteiger partial charge in [-0.1, -0.05) is 25.7 Å². The number of aryl methyl sites for hydroxylation is 1. The Morgan fingerprint density at radius 3 is 2.27 bits per heavy atom. The number of nitrogens with zero attached hydrogens (tertiary/aromatic N) is 1. The highest BCUT2D eigenvalue weighted by molar-refractivity contribution is 5.40. The molecule has 0 bridgehead atoms. The molecule has 0 radical (unpaired) electrons. The predicted octanol–water partition coefficient (Wildman–Crippen LogP) is 2.65. The van der Waals surface area contributed by atoms with Crippen LogP contribution in [0, 0.1) is 0 Å². The first-order chi connectivity index (χ1) is 7.34. The largest absolute Gasteiger partial charge is 0.382 e. The van der Waals surface area contributed by atoms with E-state index in [0.717, 1.165) is 0 Å². The highest BCUT2D eigenvalue weighted by Crippen LogP contribution is 2.20. The summed E-state index contributed by atoms with van der Waals surface area (Å²) in [7, 11) is 2.05. The second kappa shape index (κ2) is 5.15. The molecular weight excluding hydrogens is 184 g/mol. The Labute approximate surface area is 92.3 Å². The van der Waals surface area contributed by atoms with Crippen molar-refractivity contribution in [3.05, 3.63) is 24.5 Å². The molecular formula is C13H21N2+. The standard InChI is InChI=1S/C13H20N2/c1-15-10-8-13(9-11-15)14-12-6-4-2-3-5-7-12/h8-12H,2-7H2,1H3/p+1. The van der Waals surface area contributed by atoms with E-state index in [1.165, 1.54) is 44.2 Å². The van der Waals surface area contributed by atoms with Gasteiger partial charge in [-0.25, -0.2) is 4.57 Å². The van der Waals surface area contributed by atoms with Crippen LogP contribution in [0.3, 0.4) is 0 Å². The summed E-state index contributed by atoms with van der Waals surface area (Å²) in [5.41, 5.74) is 1.26. The SMILES string of the molecule is C[n+]1ccc(NC2CCCCCC2)cc1. The summed E-state index contributed by atoms with van der Waals surface area (Å²) >= 11 is 0. The quantitative estimate of drug-likeness (QED) is 0.580. The molecule has 1 aromatic rings. The van der Waals surface area contributed by atoms with Gasteiger partial charge in [-0.15, -0.1) is 0 Å². The van der Waals surface area contributed by atoms with Gasteiger partial charge in [0.2, 0.25) is 0 Å². The van der Waals surface area contributed by atoms with E-state index in [1.807, 2.05) is 0 Å². The molecule has 0 amide bonds. The smallest absolute Gasteiger partial charge is 0.170 e. The molecule has 0 aromatic carbocycles. The minimum absolute atomic E-state index is 0.695. The fourth-order valence-corrected chi connectivity index (χ4v) is 2.26. The second-order valence-corrected chi connectivity index (χ2v) is 4.59. The van der Waals surface area contributed by atoms with Gasteiger partial charge in [-0.2, -0.15) is 0 Å². The molecule has 0 spiro atoms. The molecule has 1 aliphatic carbocycles. The maximum absolute atomic E-state index is 3.63. The number of hydrogen-bond donors (Lipinski definition) is 1. The molecule has 1 heterocycles. The molecule has 82 valence electrons. The van der Waals surface area contributed by atoms with Crippen LogP contribution in [0.5, 0.6) is 0 Å². The number of aromatic nitrogens is 1. The lowest BCUT2D eigenvalue weighted by Crippen LogP contribution is -2.26. The third kappa shape index (κ3) is 3.22. The van der Waals surface area contributed by atoms with Crippen molar-refractivity contribution in [3.63, 3.8) is 0 Å². The average Bonchev–Trinajstić information content (AvgIpc) is 2.50. The van der Waals surface area contributed by atoms with Crippen molar-refractivity contribution in [3.8, 4) is 0 Å². The number of hydrogen-bond acceptors (Lipinski definition) is 1. The molecule has 0 aliphatic heterocycles. The molecule has 0 unspecified atom stereocenters. The molecule has 1 aromatic heterocycles. The Hall–Kier alpha value is -1.05. The summed E-state index contributed by atoms with van der Waals surface area (Å²) in [6.07, 6.45) is 12.5. The summed E-state index contributed by atoms with van der Waals surface area (Å²) in [6, 6.07) is 5.01. The second-order valence-electron chi connectivity index (χ2n) is 4.59. The Balaban J connectivity index is 1.92. The molecule has 0 saturated heterocycles. The van der Waals surface area contributed by atoms with Crippen LogP contribution in [-0.2, 0) is 7.05 Å². The van der Waals surface area contributed by atoms with Crippen molar-refractivity contribution in [2.75, 3.05) is 5.32 Å².